The monoisotopic (exact) mass is 211 g/mol. The Bertz CT molecular complexity index is 409. The normalized spacial score (nSPS) is 12.5. The SMILES string of the molecule is Cc1cc(=O)cc(C)n1C(CO)C(=O)O. The number of carbonyl (C=O) groups is 1. The molecule has 0 radical (unpaired) electrons. The number of carboxylic acid groups (broad SMARTS) is 1. The molecule has 1 heterocycles. The summed E-state index contributed by atoms with van der Waals surface area (Å²) in [5, 5.41) is 17.9. The van der Waals surface area contributed by atoms with Crippen LogP contribution in [0.1, 0.15) is 17.4 Å². The average Bonchev–Trinajstić information content (AvgIpc) is 2.09. The molecule has 0 saturated heterocycles. The van der Waals surface area contributed by atoms with Crippen molar-refractivity contribution in [3.05, 3.63) is 33.7 Å². The molecule has 1 aromatic rings. The molecule has 82 valence electrons. The summed E-state index contributed by atoms with van der Waals surface area (Å²) in [5.74, 6) is -1.12. The molecule has 0 fully saturated rings. The van der Waals surface area contributed by atoms with Gasteiger partial charge in [0.25, 0.3) is 0 Å². The van der Waals surface area contributed by atoms with Crippen LogP contribution in [0, 0.1) is 13.8 Å². The van der Waals surface area contributed by atoms with Gasteiger partial charge < -0.3 is 14.8 Å². The molecule has 0 bridgehead atoms. The Hall–Kier alpha value is -1.62. The molecule has 5 heteroatoms. The lowest BCUT2D eigenvalue weighted by atomic mass is 10.2. The number of hydrogen-bond acceptors (Lipinski definition) is 3. The van der Waals surface area contributed by atoms with Crippen LogP contribution in [0.2, 0.25) is 0 Å². The van der Waals surface area contributed by atoms with Crippen molar-refractivity contribution in [2.75, 3.05) is 6.61 Å². The molecule has 0 spiro atoms. The van der Waals surface area contributed by atoms with Gasteiger partial charge in [0, 0.05) is 23.5 Å². The number of aromatic nitrogens is 1. The van der Waals surface area contributed by atoms with E-state index in [2.05, 4.69) is 0 Å². The number of rotatable bonds is 3. The molecule has 5 nitrogen and oxygen atoms in total. The minimum Gasteiger partial charge on any atom is -0.480 e. The molecule has 1 atom stereocenters. The predicted molar refractivity (Wildman–Crippen MR) is 53.9 cm³/mol. The van der Waals surface area contributed by atoms with Crippen LogP contribution >= 0.6 is 0 Å². The highest BCUT2D eigenvalue weighted by Gasteiger charge is 2.20. The second-order valence-corrected chi connectivity index (χ2v) is 3.38. The van der Waals surface area contributed by atoms with E-state index < -0.39 is 18.6 Å². The average molecular weight is 211 g/mol. The van der Waals surface area contributed by atoms with Gasteiger partial charge in [-0.1, -0.05) is 0 Å². The molecular weight excluding hydrogens is 198 g/mol. The Morgan fingerprint density at radius 3 is 2.20 bits per heavy atom. The Labute approximate surface area is 86.6 Å². The highest BCUT2D eigenvalue weighted by molar-refractivity contribution is 5.72. The predicted octanol–water partition coefficient (Wildman–Crippen LogP) is 0.0831. The summed E-state index contributed by atoms with van der Waals surface area (Å²) < 4.78 is 1.43. The molecule has 0 amide bonds. The molecule has 0 saturated carbocycles. The van der Waals surface area contributed by atoms with Gasteiger partial charge in [-0.05, 0) is 13.8 Å². The minimum absolute atomic E-state index is 0.164. The third-order valence-electron chi connectivity index (χ3n) is 2.23. The van der Waals surface area contributed by atoms with E-state index in [1.807, 2.05) is 0 Å². The largest absolute Gasteiger partial charge is 0.480 e. The maximum atomic E-state index is 11.1. The number of carboxylic acids is 1. The summed E-state index contributed by atoms with van der Waals surface area (Å²) in [6.45, 7) is 2.78. The maximum absolute atomic E-state index is 11.1. The number of aryl methyl sites for hydroxylation is 2. The molecule has 15 heavy (non-hydrogen) atoms. The van der Waals surface area contributed by atoms with E-state index in [9.17, 15) is 9.59 Å². The van der Waals surface area contributed by atoms with Crippen LogP contribution in [0.3, 0.4) is 0 Å². The first kappa shape index (κ1) is 11.5. The molecule has 0 aromatic carbocycles. The lowest BCUT2D eigenvalue weighted by molar-refractivity contribution is -0.142. The number of nitrogens with zero attached hydrogens (tertiary/aromatic N) is 1. The van der Waals surface area contributed by atoms with Gasteiger partial charge in [-0.25, -0.2) is 4.79 Å². The van der Waals surface area contributed by atoms with Gasteiger partial charge in [-0.3, -0.25) is 4.79 Å². The van der Waals surface area contributed by atoms with Gasteiger partial charge in [-0.15, -0.1) is 0 Å². The van der Waals surface area contributed by atoms with Crippen LogP contribution < -0.4 is 5.43 Å². The van der Waals surface area contributed by atoms with Gasteiger partial charge >= 0.3 is 5.97 Å². The summed E-state index contributed by atoms with van der Waals surface area (Å²) >= 11 is 0. The second-order valence-electron chi connectivity index (χ2n) is 3.38. The van der Waals surface area contributed by atoms with Crippen molar-refractivity contribution in [1.82, 2.24) is 4.57 Å². The third-order valence-corrected chi connectivity index (χ3v) is 2.23. The summed E-state index contributed by atoms with van der Waals surface area (Å²) in [7, 11) is 0. The van der Waals surface area contributed by atoms with Crippen LogP contribution in [0.4, 0.5) is 0 Å². The van der Waals surface area contributed by atoms with Crippen LogP contribution in [-0.2, 0) is 4.79 Å². The van der Waals surface area contributed by atoms with Crippen LogP contribution in [0.25, 0.3) is 0 Å². The van der Waals surface area contributed by atoms with Crippen molar-refractivity contribution >= 4 is 5.97 Å². The van der Waals surface area contributed by atoms with E-state index in [-0.39, 0.29) is 5.43 Å². The first-order chi connectivity index (χ1) is 6.97. The van der Waals surface area contributed by atoms with Gasteiger partial charge in [-0.2, -0.15) is 0 Å². The highest BCUT2D eigenvalue weighted by Crippen LogP contribution is 2.12. The van der Waals surface area contributed by atoms with Crippen molar-refractivity contribution in [3.8, 4) is 0 Å². The van der Waals surface area contributed by atoms with Crippen molar-refractivity contribution in [3.63, 3.8) is 0 Å². The van der Waals surface area contributed by atoms with E-state index in [0.29, 0.717) is 11.4 Å². The molecule has 0 aliphatic heterocycles. The maximum Gasteiger partial charge on any atom is 0.329 e. The number of aliphatic hydroxyl groups excluding tert-OH is 1. The highest BCUT2D eigenvalue weighted by atomic mass is 16.4. The molecule has 1 unspecified atom stereocenters. The van der Waals surface area contributed by atoms with Crippen molar-refractivity contribution in [2.45, 2.75) is 19.9 Å². The summed E-state index contributed by atoms with van der Waals surface area (Å²) in [6, 6.07) is 1.66. The lowest BCUT2D eigenvalue weighted by Crippen LogP contribution is -2.27. The summed E-state index contributed by atoms with van der Waals surface area (Å²) in [5.41, 5.74) is 0.895. The molecule has 0 aliphatic carbocycles. The molecule has 1 aromatic heterocycles. The topological polar surface area (TPSA) is 79.5 Å². The summed E-state index contributed by atoms with van der Waals surface area (Å²) in [4.78, 5) is 22.0. The Balaban J connectivity index is 3.35. The molecule has 0 aliphatic rings. The van der Waals surface area contributed by atoms with E-state index in [1.165, 1.54) is 16.7 Å². The molecule has 2 N–H and O–H groups in total. The fraction of sp³-hybridized carbons (Fsp3) is 0.400. The zero-order valence-corrected chi connectivity index (χ0v) is 8.60. The van der Waals surface area contributed by atoms with Crippen LogP contribution in [-0.4, -0.2) is 27.4 Å². The van der Waals surface area contributed by atoms with E-state index >= 15 is 0 Å². The van der Waals surface area contributed by atoms with Gasteiger partial charge in [0.2, 0.25) is 0 Å². The smallest absolute Gasteiger partial charge is 0.329 e. The van der Waals surface area contributed by atoms with Gasteiger partial charge in [0.1, 0.15) is 0 Å². The zero-order chi connectivity index (χ0) is 11.6. The zero-order valence-electron chi connectivity index (χ0n) is 8.60. The van der Waals surface area contributed by atoms with Crippen molar-refractivity contribution in [2.24, 2.45) is 0 Å². The Kier molecular flexibility index (Phi) is 3.26. The lowest BCUT2D eigenvalue weighted by Gasteiger charge is -2.19. The second kappa shape index (κ2) is 4.27. The van der Waals surface area contributed by atoms with Crippen LogP contribution in [0.15, 0.2) is 16.9 Å². The van der Waals surface area contributed by atoms with Crippen molar-refractivity contribution < 1.29 is 15.0 Å². The third kappa shape index (κ3) is 2.24. The van der Waals surface area contributed by atoms with E-state index in [4.69, 9.17) is 10.2 Å². The Morgan fingerprint density at radius 1 is 1.40 bits per heavy atom. The van der Waals surface area contributed by atoms with Gasteiger partial charge in [0.05, 0.1) is 6.61 Å². The number of hydrogen-bond donors (Lipinski definition) is 2. The fourth-order valence-electron chi connectivity index (χ4n) is 1.63. The van der Waals surface area contributed by atoms with E-state index in [1.54, 1.807) is 13.8 Å². The molecular formula is C10H13NO4. The minimum atomic E-state index is -1.12. The fourth-order valence-corrected chi connectivity index (χ4v) is 1.63. The molecule has 1 rings (SSSR count). The Morgan fingerprint density at radius 2 is 1.87 bits per heavy atom. The number of pyridine rings is 1. The van der Waals surface area contributed by atoms with E-state index in [0.717, 1.165) is 0 Å². The van der Waals surface area contributed by atoms with Crippen LogP contribution in [0.5, 0.6) is 0 Å². The number of aliphatic hydroxyl groups is 1. The first-order valence-electron chi connectivity index (χ1n) is 4.51. The van der Waals surface area contributed by atoms with Crippen molar-refractivity contribution in [1.29, 1.82) is 0 Å². The van der Waals surface area contributed by atoms with Gasteiger partial charge in [0.15, 0.2) is 11.5 Å². The summed E-state index contributed by atoms with van der Waals surface area (Å²) in [6.07, 6.45) is 0. The standard InChI is InChI=1S/C10H13NO4/c1-6-3-8(13)4-7(2)11(6)9(5-12)10(14)15/h3-4,9,12H,5H2,1-2H3,(H,14,15). The number of aliphatic carboxylic acids is 1. The first-order valence-corrected chi connectivity index (χ1v) is 4.51. The quantitative estimate of drug-likeness (QED) is 0.742.